The predicted octanol–water partition coefficient (Wildman–Crippen LogP) is 2.14. The van der Waals surface area contributed by atoms with Crippen LogP contribution < -0.4 is 5.32 Å². The zero-order valence-electron chi connectivity index (χ0n) is 15.0. The van der Waals surface area contributed by atoms with Gasteiger partial charge in [-0.2, -0.15) is 0 Å². The molecule has 0 spiro atoms. The molecule has 0 radical (unpaired) electrons. The van der Waals surface area contributed by atoms with Gasteiger partial charge in [-0.15, -0.1) is 0 Å². The zero-order chi connectivity index (χ0) is 18.4. The van der Waals surface area contributed by atoms with Gasteiger partial charge in [0.1, 0.15) is 5.69 Å². The lowest BCUT2D eigenvalue weighted by atomic mass is 10.1. The first kappa shape index (κ1) is 18.0. The minimum atomic E-state index is -0.142. The standard InChI is InChI=1S/C20H24N4O2/c1-15-13-23-18(14-22-15)20(26)24(17-7-8-17)12-10-19(25)21-11-9-16-5-3-2-4-6-16/h2-6,13-14,17H,7-12H2,1H3,(H,21,25). The number of carbonyl (C=O) groups is 2. The first-order chi connectivity index (χ1) is 12.6. The van der Waals surface area contributed by atoms with Crippen LogP contribution in [0.15, 0.2) is 42.7 Å². The first-order valence-corrected chi connectivity index (χ1v) is 9.04. The Hall–Kier alpha value is -2.76. The van der Waals surface area contributed by atoms with Gasteiger partial charge in [-0.3, -0.25) is 14.6 Å². The Balaban J connectivity index is 1.47. The summed E-state index contributed by atoms with van der Waals surface area (Å²) in [5, 5.41) is 2.93. The molecule has 0 unspecified atom stereocenters. The topological polar surface area (TPSA) is 75.2 Å². The average Bonchev–Trinajstić information content (AvgIpc) is 3.48. The van der Waals surface area contributed by atoms with E-state index >= 15 is 0 Å². The molecule has 0 aliphatic heterocycles. The molecule has 3 rings (SSSR count). The van der Waals surface area contributed by atoms with E-state index in [1.165, 1.54) is 11.8 Å². The molecular weight excluding hydrogens is 328 g/mol. The number of rotatable bonds is 8. The molecule has 2 aromatic rings. The fourth-order valence-corrected chi connectivity index (χ4v) is 2.79. The molecule has 1 saturated carbocycles. The minimum Gasteiger partial charge on any atom is -0.356 e. The van der Waals surface area contributed by atoms with Crippen molar-refractivity contribution in [1.82, 2.24) is 20.2 Å². The summed E-state index contributed by atoms with van der Waals surface area (Å²) in [4.78, 5) is 34.8. The molecule has 0 atom stereocenters. The van der Waals surface area contributed by atoms with Crippen LogP contribution in [0.4, 0.5) is 0 Å². The summed E-state index contributed by atoms with van der Waals surface area (Å²) in [6, 6.07) is 10.3. The van der Waals surface area contributed by atoms with Gasteiger partial charge in [0.25, 0.3) is 5.91 Å². The molecule has 1 fully saturated rings. The van der Waals surface area contributed by atoms with Crippen LogP contribution in [0.2, 0.25) is 0 Å². The summed E-state index contributed by atoms with van der Waals surface area (Å²) >= 11 is 0. The molecule has 0 bridgehead atoms. The van der Waals surface area contributed by atoms with Crippen LogP contribution in [0, 0.1) is 6.92 Å². The van der Waals surface area contributed by atoms with Crippen molar-refractivity contribution in [3.8, 4) is 0 Å². The molecule has 1 aromatic carbocycles. The van der Waals surface area contributed by atoms with Crippen molar-refractivity contribution < 1.29 is 9.59 Å². The van der Waals surface area contributed by atoms with E-state index in [9.17, 15) is 9.59 Å². The highest BCUT2D eigenvalue weighted by Crippen LogP contribution is 2.28. The smallest absolute Gasteiger partial charge is 0.274 e. The Morgan fingerprint density at radius 3 is 2.58 bits per heavy atom. The van der Waals surface area contributed by atoms with E-state index in [1.807, 2.05) is 37.3 Å². The SMILES string of the molecule is Cc1cnc(C(=O)N(CCC(=O)NCCc2ccccc2)C2CC2)cn1. The normalized spacial score (nSPS) is 13.3. The fraction of sp³-hybridized carbons (Fsp3) is 0.400. The van der Waals surface area contributed by atoms with Crippen LogP contribution in [0.3, 0.4) is 0 Å². The largest absolute Gasteiger partial charge is 0.356 e. The van der Waals surface area contributed by atoms with Crippen molar-refractivity contribution in [2.24, 2.45) is 0 Å². The van der Waals surface area contributed by atoms with Gasteiger partial charge in [0.15, 0.2) is 0 Å². The molecule has 0 saturated heterocycles. The molecule has 1 aromatic heterocycles. The Labute approximate surface area is 153 Å². The van der Waals surface area contributed by atoms with Gasteiger partial charge >= 0.3 is 0 Å². The summed E-state index contributed by atoms with van der Waals surface area (Å²) < 4.78 is 0. The van der Waals surface area contributed by atoms with Crippen LogP contribution in [0.25, 0.3) is 0 Å². The summed E-state index contributed by atoms with van der Waals surface area (Å²) in [7, 11) is 0. The van der Waals surface area contributed by atoms with E-state index in [0.717, 1.165) is 25.0 Å². The van der Waals surface area contributed by atoms with Crippen LogP contribution in [-0.4, -0.2) is 45.8 Å². The number of hydrogen-bond donors (Lipinski definition) is 1. The van der Waals surface area contributed by atoms with Crippen molar-refractivity contribution in [1.29, 1.82) is 0 Å². The van der Waals surface area contributed by atoms with E-state index in [1.54, 1.807) is 11.1 Å². The third kappa shape index (κ3) is 5.12. The lowest BCUT2D eigenvalue weighted by Crippen LogP contribution is -2.37. The second-order valence-corrected chi connectivity index (χ2v) is 6.61. The quantitative estimate of drug-likeness (QED) is 0.790. The number of hydrogen-bond acceptors (Lipinski definition) is 4. The molecule has 6 nitrogen and oxygen atoms in total. The number of benzene rings is 1. The third-order valence-corrected chi connectivity index (χ3v) is 4.41. The number of amides is 2. The molecule has 6 heteroatoms. The maximum Gasteiger partial charge on any atom is 0.274 e. The van der Waals surface area contributed by atoms with Gasteiger partial charge in [-0.05, 0) is 31.7 Å². The van der Waals surface area contributed by atoms with Gasteiger partial charge in [-0.25, -0.2) is 4.98 Å². The molecule has 136 valence electrons. The van der Waals surface area contributed by atoms with Crippen LogP contribution in [0.5, 0.6) is 0 Å². The van der Waals surface area contributed by atoms with Crippen LogP contribution in [0.1, 0.15) is 41.0 Å². The summed E-state index contributed by atoms with van der Waals surface area (Å²) in [6.07, 6.45) is 6.18. The third-order valence-electron chi connectivity index (χ3n) is 4.41. The maximum absolute atomic E-state index is 12.6. The van der Waals surface area contributed by atoms with Crippen LogP contribution >= 0.6 is 0 Å². The lowest BCUT2D eigenvalue weighted by molar-refractivity contribution is -0.121. The van der Waals surface area contributed by atoms with Gasteiger partial charge in [-0.1, -0.05) is 30.3 Å². The molecule has 2 amide bonds. The van der Waals surface area contributed by atoms with Crippen molar-refractivity contribution in [2.45, 2.75) is 38.6 Å². The van der Waals surface area contributed by atoms with Crippen molar-refractivity contribution >= 4 is 11.8 Å². The summed E-state index contributed by atoms with van der Waals surface area (Å²) in [5.41, 5.74) is 2.31. The van der Waals surface area contributed by atoms with Gasteiger partial charge in [0.2, 0.25) is 5.91 Å². The molecule has 26 heavy (non-hydrogen) atoms. The Bertz CT molecular complexity index is 742. The molecule has 1 N–H and O–H groups in total. The lowest BCUT2D eigenvalue weighted by Gasteiger charge is -2.21. The Kier molecular flexibility index (Phi) is 5.94. The van der Waals surface area contributed by atoms with E-state index < -0.39 is 0 Å². The van der Waals surface area contributed by atoms with Crippen molar-refractivity contribution in [2.75, 3.05) is 13.1 Å². The van der Waals surface area contributed by atoms with Crippen molar-refractivity contribution in [3.05, 3.63) is 59.7 Å². The number of carbonyl (C=O) groups excluding carboxylic acids is 2. The van der Waals surface area contributed by atoms with Crippen LogP contribution in [-0.2, 0) is 11.2 Å². The zero-order valence-corrected chi connectivity index (χ0v) is 15.0. The molecule has 1 aliphatic carbocycles. The van der Waals surface area contributed by atoms with Gasteiger partial charge < -0.3 is 10.2 Å². The molecular formula is C20H24N4O2. The predicted molar refractivity (Wildman–Crippen MR) is 98.6 cm³/mol. The molecule has 1 heterocycles. The summed E-state index contributed by atoms with van der Waals surface area (Å²) in [6.45, 7) is 2.85. The number of nitrogens with one attached hydrogen (secondary N) is 1. The highest BCUT2D eigenvalue weighted by atomic mass is 16.2. The first-order valence-electron chi connectivity index (χ1n) is 9.04. The van der Waals surface area contributed by atoms with Gasteiger partial charge in [0.05, 0.1) is 11.9 Å². The number of nitrogens with zero attached hydrogens (tertiary/aromatic N) is 3. The van der Waals surface area contributed by atoms with E-state index in [4.69, 9.17) is 0 Å². The fourth-order valence-electron chi connectivity index (χ4n) is 2.79. The Morgan fingerprint density at radius 1 is 1.15 bits per heavy atom. The Morgan fingerprint density at radius 2 is 1.92 bits per heavy atom. The van der Waals surface area contributed by atoms with E-state index in [0.29, 0.717) is 25.2 Å². The second-order valence-electron chi connectivity index (χ2n) is 6.61. The van der Waals surface area contributed by atoms with E-state index in [-0.39, 0.29) is 17.9 Å². The monoisotopic (exact) mass is 352 g/mol. The average molecular weight is 352 g/mol. The maximum atomic E-state index is 12.6. The highest BCUT2D eigenvalue weighted by molar-refractivity contribution is 5.92. The number of aromatic nitrogens is 2. The second kappa shape index (κ2) is 8.56. The van der Waals surface area contributed by atoms with E-state index in [2.05, 4.69) is 15.3 Å². The molecule has 1 aliphatic rings. The summed E-state index contributed by atoms with van der Waals surface area (Å²) in [5.74, 6) is -0.175. The minimum absolute atomic E-state index is 0.0330. The van der Waals surface area contributed by atoms with Crippen molar-refractivity contribution in [3.63, 3.8) is 0 Å². The number of aryl methyl sites for hydroxylation is 1. The van der Waals surface area contributed by atoms with Gasteiger partial charge in [0, 0.05) is 31.7 Å². The highest BCUT2D eigenvalue weighted by Gasteiger charge is 2.33.